The smallest absolute Gasteiger partial charge is 0.147 e. The van der Waals surface area contributed by atoms with Crippen LogP contribution in [0.15, 0.2) is 30.5 Å². The lowest BCUT2D eigenvalue weighted by Gasteiger charge is -2.12. The second-order valence-corrected chi connectivity index (χ2v) is 4.06. The van der Waals surface area contributed by atoms with Crippen LogP contribution in [0.5, 0.6) is 11.5 Å². The van der Waals surface area contributed by atoms with Gasteiger partial charge in [-0.05, 0) is 24.3 Å². The van der Waals surface area contributed by atoms with Crippen LogP contribution in [-0.2, 0) is 0 Å². The summed E-state index contributed by atoms with van der Waals surface area (Å²) in [5, 5.41) is 9.38. The summed E-state index contributed by atoms with van der Waals surface area (Å²) in [4.78, 5) is 3.91. The van der Waals surface area contributed by atoms with Crippen LogP contribution in [0.2, 0.25) is 5.15 Å². The van der Waals surface area contributed by atoms with Crippen LogP contribution in [0.1, 0.15) is 5.56 Å². The Morgan fingerprint density at radius 2 is 1.95 bits per heavy atom. The molecule has 1 aromatic heterocycles. The molecule has 0 amide bonds. The Labute approximate surface area is 116 Å². The van der Waals surface area contributed by atoms with Gasteiger partial charge < -0.3 is 9.47 Å². The summed E-state index contributed by atoms with van der Waals surface area (Å²) in [6.07, 6.45) is 1.55. The van der Waals surface area contributed by atoms with Crippen LogP contribution in [-0.4, -0.2) is 19.2 Å². The van der Waals surface area contributed by atoms with Crippen molar-refractivity contribution < 1.29 is 9.47 Å². The summed E-state index contributed by atoms with van der Waals surface area (Å²) in [6.45, 7) is 0. The first-order chi connectivity index (χ1) is 9.21. The summed E-state index contributed by atoms with van der Waals surface area (Å²) in [5.41, 5.74) is 1.72. The molecule has 0 unspecified atom stereocenters. The molecule has 0 aliphatic heterocycles. The second kappa shape index (κ2) is 5.59. The van der Waals surface area contributed by atoms with Crippen molar-refractivity contribution in [1.29, 1.82) is 5.26 Å². The predicted octanol–water partition coefficient (Wildman–Crippen LogP) is 3.29. The fourth-order valence-electron chi connectivity index (χ4n) is 1.79. The highest BCUT2D eigenvalue weighted by molar-refractivity contribution is 6.31. The van der Waals surface area contributed by atoms with E-state index in [0.29, 0.717) is 22.6 Å². The van der Waals surface area contributed by atoms with E-state index in [0.717, 1.165) is 5.56 Å². The third-order valence-electron chi connectivity index (χ3n) is 2.71. The number of nitriles is 1. The normalized spacial score (nSPS) is 9.79. The molecule has 0 saturated carbocycles. The first-order valence-electron chi connectivity index (χ1n) is 5.48. The van der Waals surface area contributed by atoms with Crippen LogP contribution in [0.4, 0.5) is 0 Å². The maximum atomic E-state index is 9.20. The number of nitrogens with zero attached hydrogens (tertiary/aromatic N) is 2. The molecular formula is C14H11ClN2O2. The van der Waals surface area contributed by atoms with Gasteiger partial charge in [-0.1, -0.05) is 11.6 Å². The number of ether oxygens (including phenoxy) is 2. The molecule has 2 rings (SSSR count). The number of halogens is 1. The zero-order valence-electron chi connectivity index (χ0n) is 10.5. The molecule has 1 aromatic carbocycles. The molecular weight excluding hydrogens is 264 g/mol. The molecule has 5 heteroatoms. The van der Waals surface area contributed by atoms with E-state index in [2.05, 4.69) is 11.1 Å². The van der Waals surface area contributed by atoms with Crippen LogP contribution in [0.25, 0.3) is 11.1 Å². The maximum absolute atomic E-state index is 9.20. The van der Waals surface area contributed by atoms with Crippen molar-refractivity contribution >= 4 is 11.6 Å². The van der Waals surface area contributed by atoms with Crippen molar-refractivity contribution in [1.82, 2.24) is 4.98 Å². The van der Waals surface area contributed by atoms with Gasteiger partial charge in [0, 0.05) is 17.3 Å². The van der Waals surface area contributed by atoms with Gasteiger partial charge in [0.25, 0.3) is 0 Å². The van der Waals surface area contributed by atoms with Crippen molar-refractivity contribution in [3.05, 3.63) is 41.2 Å². The third-order valence-corrected chi connectivity index (χ3v) is 3.00. The third kappa shape index (κ3) is 2.47. The highest BCUT2D eigenvalue weighted by atomic mass is 35.5. The summed E-state index contributed by atoms with van der Waals surface area (Å²) in [7, 11) is 3.15. The Hall–Kier alpha value is -2.25. The molecule has 0 saturated heterocycles. The molecule has 0 aliphatic rings. The predicted molar refractivity (Wildman–Crippen MR) is 72.5 cm³/mol. The molecule has 1 heterocycles. The lowest BCUT2D eigenvalue weighted by Crippen LogP contribution is -1.94. The number of rotatable bonds is 3. The van der Waals surface area contributed by atoms with E-state index in [1.54, 1.807) is 44.7 Å². The Balaban J connectivity index is 2.71. The molecule has 0 spiro atoms. The molecule has 4 nitrogen and oxygen atoms in total. The quantitative estimate of drug-likeness (QED) is 0.806. The number of hydrogen-bond acceptors (Lipinski definition) is 4. The standard InChI is InChI=1S/C14H11ClN2O2/c1-18-9-3-4-13(19-2)11(7-9)10-5-6-17-14(15)12(10)8-16/h3-7H,1-2H3. The van der Waals surface area contributed by atoms with Gasteiger partial charge in [0.2, 0.25) is 0 Å². The minimum Gasteiger partial charge on any atom is -0.497 e. The Kier molecular flexibility index (Phi) is 3.88. The number of pyridine rings is 1. The van der Waals surface area contributed by atoms with Gasteiger partial charge in [0.05, 0.1) is 19.8 Å². The van der Waals surface area contributed by atoms with Crippen molar-refractivity contribution in [2.75, 3.05) is 14.2 Å². The summed E-state index contributed by atoms with van der Waals surface area (Å²) in [5.74, 6) is 1.31. The van der Waals surface area contributed by atoms with Crippen LogP contribution >= 0.6 is 11.6 Å². The lowest BCUT2D eigenvalue weighted by molar-refractivity contribution is 0.404. The summed E-state index contributed by atoms with van der Waals surface area (Å²) >= 11 is 5.94. The topological polar surface area (TPSA) is 55.1 Å². The largest absolute Gasteiger partial charge is 0.497 e. The van der Waals surface area contributed by atoms with Gasteiger partial charge in [0.1, 0.15) is 22.7 Å². The monoisotopic (exact) mass is 274 g/mol. The SMILES string of the molecule is COc1ccc(OC)c(-c2ccnc(Cl)c2C#N)c1. The lowest BCUT2D eigenvalue weighted by atomic mass is 10.0. The molecule has 0 aliphatic carbocycles. The Morgan fingerprint density at radius 3 is 2.58 bits per heavy atom. The van der Waals surface area contributed by atoms with Gasteiger partial charge in [-0.15, -0.1) is 0 Å². The highest BCUT2D eigenvalue weighted by Gasteiger charge is 2.14. The summed E-state index contributed by atoms with van der Waals surface area (Å²) in [6, 6.07) is 9.15. The van der Waals surface area contributed by atoms with Crippen LogP contribution < -0.4 is 9.47 Å². The van der Waals surface area contributed by atoms with Crippen LogP contribution in [0, 0.1) is 11.3 Å². The minimum absolute atomic E-state index is 0.171. The molecule has 0 bridgehead atoms. The van der Waals surface area contributed by atoms with E-state index in [1.807, 2.05) is 0 Å². The fraction of sp³-hybridized carbons (Fsp3) is 0.143. The Bertz CT molecular complexity index is 650. The fourth-order valence-corrected chi connectivity index (χ4v) is 1.99. The van der Waals surface area contributed by atoms with Crippen molar-refractivity contribution in [2.45, 2.75) is 0 Å². The molecule has 0 radical (unpaired) electrons. The average Bonchev–Trinajstić information content (AvgIpc) is 2.46. The van der Waals surface area contributed by atoms with Gasteiger partial charge in [0.15, 0.2) is 0 Å². The zero-order chi connectivity index (χ0) is 13.8. The number of benzene rings is 1. The van der Waals surface area contributed by atoms with E-state index in [-0.39, 0.29) is 5.15 Å². The van der Waals surface area contributed by atoms with Gasteiger partial charge in [-0.3, -0.25) is 0 Å². The molecule has 0 fully saturated rings. The van der Waals surface area contributed by atoms with Crippen molar-refractivity contribution in [3.8, 4) is 28.7 Å². The highest BCUT2D eigenvalue weighted by Crippen LogP contribution is 2.36. The maximum Gasteiger partial charge on any atom is 0.147 e. The van der Waals surface area contributed by atoms with E-state index in [4.69, 9.17) is 21.1 Å². The van der Waals surface area contributed by atoms with Gasteiger partial charge in [-0.25, -0.2) is 4.98 Å². The zero-order valence-corrected chi connectivity index (χ0v) is 11.2. The first kappa shape index (κ1) is 13.2. The van der Waals surface area contributed by atoms with Crippen molar-refractivity contribution in [2.24, 2.45) is 0 Å². The second-order valence-electron chi connectivity index (χ2n) is 3.70. The van der Waals surface area contributed by atoms with Gasteiger partial charge in [-0.2, -0.15) is 5.26 Å². The summed E-state index contributed by atoms with van der Waals surface area (Å²) < 4.78 is 10.5. The molecule has 0 N–H and O–H groups in total. The molecule has 0 atom stereocenters. The molecule has 19 heavy (non-hydrogen) atoms. The number of methoxy groups -OCH3 is 2. The number of hydrogen-bond donors (Lipinski definition) is 0. The molecule has 2 aromatic rings. The van der Waals surface area contributed by atoms with E-state index < -0.39 is 0 Å². The Morgan fingerprint density at radius 1 is 1.16 bits per heavy atom. The van der Waals surface area contributed by atoms with E-state index >= 15 is 0 Å². The first-order valence-corrected chi connectivity index (χ1v) is 5.86. The van der Waals surface area contributed by atoms with E-state index in [9.17, 15) is 5.26 Å². The average molecular weight is 275 g/mol. The van der Waals surface area contributed by atoms with Crippen molar-refractivity contribution in [3.63, 3.8) is 0 Å². The van der Waals surface area contributed by atoms with Gasteiger partial charge >= 0.3 is 0 Å². The van der Waals surface area contributed by atoms with E-state index in [1.165, 1.54) is 0 Å². The number of aromatic nitrogens is 1. The van der Waals surface area contributed by atoms with Crippen LogP contribution in [0.3, 0.4) is 0 Å². The minimum atomic E-state index is 0.171. The molecule has 96 valence electrons.